The van der Waals surface area contributed by atoms with Crippen molar-refractivity contribution in [2.24, 2.45) is 5.92 Å². The number of rotatable bonds is 4. The molecule has 0 bridgehead atoms. The Hall–Kier alpha value is -0.910. The van der Waals surface area contributed by atoms with Gasteiger partial charge in [-0.2, -0.15) is 11.3 Å². The molecule has 1 aliphatic rings. The van der Waals surface area contributed by atoms with Crippen LogP contribution in [-0.2, 0) is 9.53 Å². The minimum absolute atomic E-state index is 0.0201. The first-order chi connectivity index (χ1) is 8.18. The Morgan fingerprint density at radius 2 is 2.59 bits per heavy atom. The largest absolute Gasteiger partial charge is 0.387 e. The van der Waals surface area contributed by atoms with Crippen molar-refractivity contribution >= 4 is 17.2 Å². The highest BCUT2D eigenvalue weighted by Gasteiger charge is 2.30. The van der Waals surface area contributed by atoms with Crippen molar-refractivity contribution in [3.8, 4) is 0 Å². The Morgan fingerprint density at radius 1 is 1.76 bits per heavy atom. The standard InChI is InChI=1S/C12H17NO3S/c1-8-10(2-4-16-8)12(15)13-6-11(14)9-3-5-17-7-9/h3,5,7-8,10-11,14H,2,4,6H2,1H3,(H,13,15). The lowest BCUT2D eigenvalue weighted by Crippen LogP contribution is -2.36. The second-order valence-corrected chi connectivity index (χ2v) is 5.07. The molecule has 0 saturated carbocycles. The molecule has 4 nitrogen and oxygen atoms in total. The maximum atomic E-state index is 11.8. The van der Waals surface area contributed by atoms with E-state index in [9.17, 15) is 9.90 Å². The molecule has 0 spiro atoms. The lowest BCUT2D eigenvalue weighted by molar-refractivity contribution is -0.126. The van der Waals surface area contributed by atoms with Crippen molar-refractivity contribution in [3.05, 3.63) is 22.4 Å². The van der Waals surface area contributed by atoms with E-state index < -0.39 is 6.10 Å². The van der Waals surface area contributed by atoms with Crippen LogP contribution < -0.4 is 5.32 Å². The van der Waals surface area contributed by atoms with Crippen LogP contribution in [0.15, 0.2) is 16.8 Å². The molecule has 1 aliphatic heterocycles. The topological polar surface area (TPSA) is 58.6 Å². The van der Waals surface area contributed by atoms with Gasteiger partial charge in [-0.1, -0.05) is 0 Å². The highest BCUT2D eigenvalue weighted by atomic mass is 32.1. The number of nitrogens with one attached hydrogen (secondary N) is 1. The van der Waals surface area contributed by atoms with Crippen LogP contribution in [0.1, 0.15) is 25.0 Å². The van der Waals surface area contributed by atoms with E-state index in [0.717, 1.165) is 12.0 Å². The summed E-state index contributed by atoms with van der Waals surface area (Å²) in [5.74, 6) is -0.103. The van der Waals surface area contributed by atoms with Crippen LogP contribution in [0, 0.1) is 5.92 Å². The van der Waals surface area contributed by atoms with Crippen LogP contribution >= 0.6 is 11.3 Å². The van der Waals surface area contributed by atoms with Crippen LogP contribution in [-0.4, -0.2) is 30.3 Å². The molecule has 17 heavy (non-hydrogen) atoms. The van der Waals surface area contributed by atoms with Crippen LogP contribution in [0.3, 0.4) is 0 Å². The molecule has 0 aliphatic carbocycles. The van der Waals surface area contributed by atoms with Gasteiger partial charge in [0, 0.05) is 13.2 Å². The van der Waals surface area contributed by atoms with Gasteiger partial charge in [-0.25, -0.2) is 0 Å². The van der Waals surface area contributed by atoms with Gasteiger partial charge in [-0.05, 0) is 35.7 Å². The van der Waals surface area contributed by atoms with Crippen LogP contribution in [0.4, 0.5) is 0 Å². The molecule has 3 unspecified atom stereocenters. The second kappa shape index (κ2) is 5.62. The van der Waals surface area contributed by atoms with E-state index in [4.69, 9.17) is 4.74 Å². The highest BCUT2D eigenvalue weighted by molar-refractivity contribution is 7.07. The summed E-state index contributed by atoms with van der Waals surface area (Å²) in [6.45, 7) is 2.82. The predicted octanol–water partition coefficient (Wildman–Crippen LogP) is 1.32. The summed E-state index contributed by atoms with van der Waals surface area (Å²) in [7, 11) is 0. The molecule has 1 aromatic heterocycles. The minimum atomic E-state index is -0.622. The van der Waals surface area contributed by atoms with Crippen molar-refractivity contribution in [1.82, 2.24) is 5.32 Å². The SMILES string of the molecule is CC1OCCC1C(=O)NCC(O)c1ccsc1. The van der Waals surface area contributed by atoms with Gasteiger partial charge in [-0.15, -0.1) is 0 Å². The lowest BCUT2D eigenvalue weighted by Gasteiger charge is -2.16. The number of aliphatic hydroxyl groups is 1. The van der Waals surface area contributed by atoms with E-state index in [1.54, 1.807) is 0 Å². The molecule has 1 aromatic rings. The number of thiophene rings is 1. The second-order valence-electron chi connectivity index (χ2n) is 4.29. The fraction of sp³-hybridized carbons (Fsp3) is 0.583. The van der Waals surface area contributed by atoms with E-state index in [1.807, 2.05) is 23.8 Å². The van der Waals surface area contributed by atoms with Gasteiger partial charge in [0.05, 0.1) is 18.1 Å². The molecule has 2 N–H and O–H groups in total. The van der Waals surface area contributed by atoms with E-state index in [0.29, 0.717) is 6.61 Å². The zero-order valence-electron chi connectivity index (χ0n) is 9.76. The first-order valence-corrected chi connectivity index (χ1v) is 6.72. The first kappa shape index (κ1) is 12.5. The van der Waals surface area contributed by atoms with Crippen molar-refractivity contribution in [2.45, 2.75) is 25.6 Å². The average Bonchev–Trinajstić information content (AvgIpc) is 2.95. The lowest BCUT2D eigenvalue weighted by atomic mass is 10.0. The zero-order chi connectivity index (χ0) is 12.3. The number of aliphatic hydroxyl groups excluding tert-OH is 1. The van der Waals surface area contributed by atoms with Crippen LogP contribution in [0.5, 0.6) is 0 Å². The number of hydrogen-bond donors (Lipinski definition) is 2. The summed E-state index contributed by atoms with van der Waals surface area (Å²) in [6.07, 6.45) is 0.123. The third-order valence-electron chi connectivity index (χ3n) is 3.11. The Morgan fingerprint density at radius 3 is 3.18 bits per heavy atom. The Balaban J connectivity index is 1.80. The summed E-state index contributed by atoms with van der Waals surface area (Å²) < 4.78 is 5.34. The summed E-state index contributed by atoms with van der Waals surface area (Å²) in [5, 5.41) is 16.4. The molecule has 1 fully saturated rings. The normalized spacial score (nSPS) is 25.8. The molecule has 0 aromatic carbocycles. The average molecular weight is 255 g/mol. The third kappa shape index (κ3) is 3.06. The van der Waals surface area contributed by atoms with Gasteiger partial charge in [0.25, 0.3) is 0 Å². The fourth-order valence-electron chi connectivity index (χ4n) is 1.99. The maximum Gasteiger partial charge on any atom is 0.225 e. The first-order valence-electron chi connectivity index (χ1n) is 5.78. The summed E-state index contributed by atoms with van der Waals surface area (Å²) >= 11 is 1.54. The summed E-state index contributed by atoms with van der Waals surface area (Å²) in [4.78, 5) is 11.8. The van der Waals surface area contributed by atoms with E-state index >= 15 is 0 Å². The molecular weight excluding hydrogens is 238 g/mol. The van der Waals surface area contributed by atoms with Gasteiger partial charge in [0.1, 0.15) is 0 Å². The molecular formula is C12H17NO3S. The monoisotopic (exact) mass is 255 g/mol. The van der Waals surface area contributed by atoms with E-state index in [-0.39, 0.29) is 24.5 Å². The minimum Gasteiger partial charge on any atom is -0.387 e. The number of amides is 1. The van der Waals surface area contributed by atoms with Crippen molar-refractivity contribution in [2.75, 3.05) is 13.2 Å². The van der Waals surface area contributed by atoms with Crippen molar-refractivity contribution < 1.29 is 14.6 Å². The van der Waals surface area contributed by atoms with Gasteiger partial charge >= 0.3 is 0 Å². The van der Waals surface area contributed by atoms with Crippen molar-refractivity contribution in [1.29, 1.82) is 0 Å². The number of hydrogen-bond acceptors (Lipinski definition) is 4. The van der Waals surface area contributed by atoms with Gasteiger partial charge in [0.15, 0.2) is 0 Å². The molecule has 3 atom stereocenters. The van der Waals surface area contributed by atoms with Crippen LogP contribution in [0.25, 0.3) is 0 Å². The highest BCUT2D eigenvalue weighted by Crippen LogP contribution is 2.21. The maximum absolute atomic E-state index is 11.8. The molecule has 1 saturated heterocycles. The summed E-state index contributed by atoms with van der Waals surface area (Å²) in [5.41, 5.74) is 0.853. The van der Waals surface area contributed by atoms with Crippen molar-refractivity contribution in [3.63, 3.8) is 0 Å². The Kier molecular flexibility index (Phi) is 4.15. The van der Waals surface area contributed by atoms with E-state index in [1.165, 1.54) is 11.3 Å². The smallest absolute Gasteiger partial charge is 0.225 e. The van der Waals surface area contributed by atoms with Gasteiger partial charge < -0.3 is 15.2 Å². The number of carbonyl (C=O) groups is 1. The molecule has 2 rings (SSSR count). The van der Waals surface area contributed by atoms with Gasteiger partial charge in [0.2, 0.25) is 5.91 Å². The van der Waals surface area contributed by atoms with Gasteiger partial charge in [-0.3, -0.25) is 4.79 Å². The van der Waals surface area contributed by atoms with E-state index in [2.05, 4.69) is 5.32 Å². The third-order valence-corrected chi connectivity index (χ3v) is 3.81. The predicted molar refractivity (Wildman–Crippen MR) is 65.8 cm³/mol. The quantitative estimate of drug-likeness (QED) is 0.853. The molecule has 2 heterocycles. The molecule has 1 amide bonds. The zero-order valence-corrected chi connectivity index (χ0v) is 10.6. The number of carbonyl (C=O) groups excluding carboxylic acids is 1. The molecule has 94 valence electrons. The molecule has 5 heteroatoms. The van der Waals surface area contributed by atoms with Crippen LogP contribution in [0.2, 0.25) is 0 Å². The number of ether oxygens (including phenoxy) is 1. The fourth-order valence-corrected chi connectivity index (χ4v) is 2.69. The molecule has 0 radical (unpaired) electrons. The Labute approximate surface area is 105 Å². The summed E-state index contributed by atoms with van der Waals surface area (Å²) in [6, 6.07) is 1.86. The Bertz CT molecular complexity index is 366.